The standard InChI is InChI=1S/C22H22F2N2O6S/c1-4-26(5-2)33(28,29)16-9-7-15(8-10-16)20-25-17(21(27)32-20)12-14-6-11-18(30-3)19(13-14)31-22(23)24/h6-13,22H,4-5H2,1-3H3/b17-12-. The third-order valence-corrected chi connectivity index (χ3v) is 6.84. The Hall–Kier alpha value is -3.31. The summed E-state index contributed by atoms with van der Waals surface area (Å²) in [5.74, 6) is -0.828. The van der Waals surface area contributed by atoms with Gasteiger partial charge in [0, 0.05) is 18.7 Å². The highest BCUT2D eigenvalue weighted by atomic mass is 32.2. The van der Waals surface area contributed by atoms with Gasteiger partial charge in [-0.2, -0.15) is 13.1 Å². The van der Waals surface area contributed by atoms with E-state index in [1.165, 1.54) is 60.0 Å². The predicted molar refractivity (Wildman–Crippen MR) is 117 cm³/mol. The number of ether oxygens (including phenoxy) is 3. The van der Waals surface area contributed by atoms with Gasteiger partial charge in [-0.1, -0.05) is 19.9 Å². The van der Waals surface area contributed by atoms with Crippen LogP contribution in [0.5, 0.6) is 11.5 Å². The number of benzene rings is 2. The van der Waals surface area contributed by atoms with Crippen LogP contribution in [0.1, 0.15) is 25.0 Å². The molecule has 0 N–H and O–H groups in total. The molecular formula is C22H22F2N2O6S. The lowest BCUT2D eigenvalue weighted by molar-refractivity contribution is -0.129. The quantitative estimate of drug-likeness (QED) is 0.402. The lowest BCUT2D eigenvalue weighted by Crippen LogP contribution is -2.30. The van der Waals surface area contributed by atoms with Crippen molar-refractivity contribution < 1.29 is 36.2 Å². The number of aliphatic imine (C=N–C) groups is 1. The van der Waals surface area contributed by atoms with Gasteiger partial charge < -0.3 is 14.2 Å². The molecule has 0 unspecified atom stereocenters. The number of carbonyl (C=O) groups is 1. The van der Waals surface area contributed by atoms with Crippen molar-refractivity contribution in [1.29, 1.82) is 0 Å². The number of methoxy groups -OCH3 is 1. The Labute approximate surface area is 190 Å². The van der Waals surface area contributed by atoms with Crippen molar-refractivity contribution in [1.82, 2.24) is 4.31 Å². The third kappa shape index (κ3) is 5.37. The molecule has 1 heterocycles. The Morgan fingerprint density at radius 3 is 2.33 bits per heavy atom. The zero-order valence-electron chi connectivity index (χ0n) is 18.1. The summed E-state index contributed by atoms with van der Waals surface area (Å²) in [5, 5.41) is 0. The minimum atomic E-state index is -3.62. The van der Waals surface area contributed by atoms with E-state index in [4.69, 9.17) is 9.47 Å². The van der Waals surface area contributed by atoms with Gasteiger partial charge in [0.1, 0.15) is 0 Å². The van der Waals surface area contributed by atoms with E-state index in [0.29, 0.717) is 24.2 Å². The van der Waals surface area contributed by atoms with E-state index in [1.807, 2.05) is 0 Å². The van der Waals surface area contributed by atoms with Gasteiger partial charge in [-0.25, -0.2) is 18.2 Å². The molecule has 0 radical (unpaired) electrons. The van der Waals surface area contributed by atoms with Gasteiger partial charge >= 0.3 is 12.6 Å². The lowest BCUT2D eigenvalue weighted by atomic mass is 10.1. The molecule has 1 aliphatic rings. The van der Waals surface area contributed by atoms with Crippen molar-refractivity contribution in [2.24, 2.45) is 4.99 Å². The van der Waals surface area contributed by atoms with E-state index in [0.717, 1.165) is 0 Å². The van der Waals surface area contributed by atoms with Crippen LogP contribution >= 0.6 is 0 Å². The topological polar surface area (TPSA) is 94.5 Å². The molecule has 0 aromatic heterocycles. The van der Waals surface area contributed by atoms with Crippen molar-refractivity contribution in [3.05, 3.63) is 59.3 Å². The monoisotopic (exact) mass is 480 g/mol. The molecule has 176 valence electrons. The highest BCUT2D eigenvalue weighted by Gasteiger charge is 2.26. The maximum absolute atomic E-state index is 12.6. The molecule has 1 aliphatic heterocycles. The summed E-state index contributed by atoms with van der Waals surface area (Å²) in [6.07, 6.45) is 1.35. The first kappa shape index (κ1) is 24.3. The fourth-order valence-corrected chi connectivity index (χ4v) is 4.60. The number of halogens is 2. The average Bonchev–Trinajstić information content (AvgIpc) is 3.14. The molecule has 33 heavy (non-hydrogen) atoms. The molecule has 11 heteroatoms. The highest BCUT2D eigenvalue weighted by Crippen LogP contribution is 2.31. The van der Waals surface area contributed by atoms with Gasteiger partial charge in [0.2, 0.25) is 15.9 Å². The maximum atomic E-state index is 12.6. The Bertz CT molecular complexity index is 1190. The number of sulfonamides is 1. The van der Waals surface area contributed by atoms with Crippen molar-refractivity contribution >= 4 is 28.0 Å². The van der Waals surface area contributed by atoms with Crippen LogP contribution in [0.3, 0.4) is 0 Å². The van der Waals surface area contributed by atoms with Crippen LogP contribution in [0.4, 0.5) is 8.78 Å². The highest BCUT2D eigenvalue weighted by molar-refractivity contribution is 7.89. The number of esters is 1. The SMILES string of the molecule is CCN(CC)S(=O)(=O)c1ccc(C2=N/C(=C\c3ccc(OC)c(OC(F)F)c3)C(=O)O2)cc1. The number of hydrogen-bond donors (Lipinski definition) is 0. The Kier molecular flexibility index (Phi) is 7.44. The van der Waals surface area contributed by atoms with E-state index in [2.05, 4.69) is 9.73 Å². The molecule has 3 rings (SSSR count). The van der Waals surface area contributed by atoms with Crippen molar-refractivity contribution in [3.63, 3.8) is 0 Å². The Balaban J connectivity index is 1.87. The van der Waals surface area contributed by atoms with Crippen molar-refractivity contribution in [3.8, 4) is 11.5 Å². The summed E-state index contributed by atoms with van der Waals surface area (Å²) in [6, 6.07) is 10.1. The fourth-order valence-electron chi connectivity index (χ4n) is 3.14. The van der Waals surface area contributed by atoms with Gasteiger partial charge in [-0.05, 0) is 48.0 Å². The summed E-state index contributed by atoms with van der Waals surface area (Å²) in [7, 11) is -2.31. The molecule has 0 atom stereocenters. The molecule has 0 amide bonds. The summed E-state index contributed by atoms with van der Waals surface area (Å²) >= 11 is 0. The number of alkyl halides is 2. The molecule has 8 nitrogen and oxygen atoms in total. The van der Waals surface area contributed by atoms with E-state index in [-0.39, 0.29) is 28.0 Å². The summed E-state index contributed by atoms with van der Waals surface area (Å²) in [6.45, 7) is 1.14. The van der Waals surface area contributed by atoms with E-state index < -0.39 is 22.6 Å². The molecule has 0 saturated carbocycles. The van der Waals surface area contributed by atoms with Crippen LogP contribution in [0, 0.1) is 0 Å². The summed E-state index contributed by atoms with van der Waals surface area (Å²) in [4.78, 5) is 16.5. The van der Waals surface area contributed by atoms with Crippen LogP contribution in [-0.4, -0.2) is 51.4 Å². The van der Waals surface area contributed by atoms with Gasteiger partial charge in [0.15, 0.2) is 17.2 Å². The van der Waals surface area contributed by atoms with Crippen LogP contribution in [0.25, 0.3) is 6.08 Å². The minimum Gasteiger partial charge on any atom is -0.493 e. The molecule has 0 saturated heterocycles. The molecule has 0 spiro atoms. The fraction of sp³-hybridized carbons (Fsp3) is 0.273. The summed E-state index contributed by atoms with van der Waals surface area (Å²) < 4.78 is 66.4. The van der Waals surface area contributed by atoms with Crippen molar-refractivity contribution in [2.75, 3.05) is 20.2 Å². The van der Waals surface area contributed by atoms with Crippen molar-refractivity contribution in [2.45, 2.75) is 25.4 Å². The normalized spacial score (nSPS) is 15.2. The third-order valence-electron chi connectivity index (χ3n) is 4.77. The molecule has 2 aromatic rings. The second-order valence-electron chi connectivity index (χ2n) is 6.74. The van der Waals surface area contributed by atoms with E-state index >= 15 is 0 Å². The first-order valence-electron chi connectivity index (χ1n) is 9.95. The zero-order chi connectivity index (χ0) is 24.2. The first-order chi connectivity index (χ1) is 15.7. The number of carbonyl (C=O) groups excluding carboxylic acids is 1. The largest absolute Gasteiger partial charge is 0.493 e. The zero-order valence-corrected chi connectivity index (χ0v) is 18.9. The molecule has 0 aliphatic carbocycles. The van der Waals surface area contributed by atoms with E-state index in [1.54, 1.807) is 13.8 Å². The second-order valence-corrected chi connectivity index (χ2v) is 8.68. The Morgan fingerprint density at radius 1 is 1.09 bits per heavy atom. The van der Waals surface area contributed by atoms with Crippen LogP contribution in [-0.2, 0) is 19.6 Å². The number of hydrogen-bond acceptors (Lipinski definition) is 7. The number of nitrogens with zero attached hydrogens (tertiary/aromatic N) is 2. The van der Waals surface area contributed by atoms with Crippen LogP contribution in [0.2, 0.25) is 0 Å². The second kappa shape index (κ2) is 10.1. The molecular weight excluding hydrogens is 458 g/mol. The molecule has 0 fully saturated rings. The molecule has 0 bridgehead atoms. The number of rotatable bonds is 9. The van der Waals surface area contributed by atoms with Crippen LogP contribution < -0.4 is 9.47 Å². The van der Waals surface area contributed by atoms with Gasteiger partial charge in [-0.15, -0.1) is 0 Å². The predicted octanol–water partition coefficient (Wildman–Crippen LogP) is 3.67. The minimum absolute atomic E-state index is 0.00407. The smallest absolute Gasteiger partial charge is 0.387 e. The maximum Gasteiger partial charge on any atom is 0.387 e. The lowest BCUT2D eigenvalue weighted by Gasteiger charge is -2.18. The van der Waals surface area contributed by atoms with Gasteiger partial charge in [0.25, 0.3) is 0 Å². The van der Waals surface area contributed by atoms with Crippen LogP contribution in [0.15, 0.2) is 58.0 Å². The average molecular weight is 480 g/mol. The van der Waals surface area contributed by atoms with Gasteiger partial charge in [-0.3, -0.25) is 0 Å². The summed E-state index contributed by atoms with van der Waals surface area (Å²) in [5.41, 5.74) is 0.712. The van der Waals surface area contributed by atoms with Gasteiger partial charge in [0.05, 0.1) is 12.0 Å². The molecule has 2 aromatic carbocycles. The first-order valence-corrected chi connectivity index (χ1v) is 11.4. The van der Waals surface area contributed by atoms with E-state index in [9.17, 15) is 22.0 Å². The number of cyclic esters (lactones) is 1. The Morgan fingerprint density at radius 2 is 1.76 bits per heavy atom.